The maximum atomic E-state index is 11.8. The Morgan fingerprint density at radius 3 is 2.59 bits per heavy atom. The van der Waals surface area contributed by atoms with Crippen LogP contribution in [0.15, 0.2) is 36.4 Å². The molecule has 2 amide bonds. The molecule has 0 fully saturated rings. The van der Waals surface area contributed by atoms with E-state index in [-0.39, 0.29) is 12.8 Å². The lowest BCUT2D eigenvalue weighted by molar-refractivity contribution is 0.234. The molecule has 2 aromatic rings. The number of rotatable bonds is 4. The summed E-state index contributed by atoms with van der Waals surface area (Å²) in [5, 5.41) is 5.92. The van der Waals surface area contributed by atoms with Crippen LogP contribution < -0.4 is 15.4 Å². The van der Waals surface area contributed by atoms with E-state index in [2.05, 4.69) is 16.7 Å². The maximum Gasteiger partial charge on any atom is 0.321 e. The Labute approximate surface area is 135 Å². The number of anilines is 1. The van der Waals surface area contributed by atoms with E-state index in [1.807, 2.05) is 26.8 Å². The molecule has 0 spiro atoms. The molecule has 116 valence electrons. The van der Waals surface area contributed by atoms with Crippen LogP contribution in [0.1, 0.15) is 16.7 Å². The summed E-state index contributed by atoms with van der Waals surface area (Å²) in [4.78, 5) is 11.8. The van der Waals surface area contributed by atoms with Gasteiger partial charge < -0.3 is 15.4 Å². The molecule has 2 N–H and O–H groups in total. The average Bonchev–Trinajstić information content (AvgIpc) is 2.47. The minimum atomic E-state index is -0.342. The zero-order valence-corrected chi connectivity index (χ0v) is 13.6. The standard InChI is InChI=1S/C17H19ClN2O2/c1-11-7-8-12(2)16(13(11)3)22-10-19-17(21)20-15-6-4-5-14(18)9-15/h4-9H,10H2,1-3H3,(H2,19,20,21). The molecule has 0 aliphatic rings. The Morgan fingerprint density at radius 1 is 1.14 bits per heavy atom. The van der Waals surface area contributed by atoms with Crippen molar-refractivity contribution < 1.29 is 9.53 Å². The van der Waals surface area contributed by atoms with Crippen molar-refractivity contribution in [2.75, 3.05) is 12.0 Å². The van der Waals surface area contributed by atoms with E-state index < -0.39 is 0 Å². The van der Waals surface area contributed by atoms with Crippen molar-refractivity contribution in [1.82, 2.24) is 5.32 Å². The van der Waals surface area contributed by atoms with Crippen LogP contribution >= 0.6 is 11.6 Å². The molecule has 0 bridgehead atoms. The van der Waals surface area contributed by atoms with Gasteiger partial charge >= 0.3 is 6.03 Å². The second kappa shape index (κ2) is 7.18. The van der Waals surface area contributed by atoms with Crippen LogP contribution in [0.3, 0.4) is 0 Å². The predicted octanol–water partition coefficient (Wildman–Crippen LogP) is 4.42. The van der Waals surface area contributed by atoms with Gasteiger partial charge in [-0.1, -0.05) is 29.8 Å². The van der Waals surface area contributed by atoms with E-state index in [1.165, 1.54) is 0 Å². The smallest absolute Gasteiger partial charge is 0.321 e. The fourth-order valence-corrected chi connectivity index (χ4v) is 2.25. The van der Waals surface area contributed by atoms with Gasteiger partial charge in [-0.2, -0.15) is 0 Å². The van der Waals surface area contributed by atoms with E-state index in [4.69, 9.17) is 16.3 Å². The topological polar surface area (TPSA) is 50.4 Å². The number of urea groups is 1. The molecular weight excluding hydrogens is 300 g/mol. The molecular formula is C17H19ClN2O2. The summed E-state index contributed by atoms with van der Waals surface area (Å²) in [6.45, 7) is 6.11. The van der Waals surface area contributed by atoms with Crippen LogP contribution in [0.2, 0.25) is 5.02 Å². The van der Waals surface area contributed by atoms with Crippen LogP contribution in [-0.4, -0.2) is 12.8 Å². The summed E-state index contributed by atoms with van der Waals surface area (Å²) >= 11 is 5.87. The van der Waals surface area contributed by atoms with Gasteiger partial charge in [-0.25, -0.2) is 4.79 Å². The summed E-state index contributed by atoms with van der Waals surface area (Å²) in [7, 11) is 0. The minimum absolute atomic E-state index is 0.0948. The number of nitrogens with one attached hydrogen (secondary N) is 2. The first kappa shape index (κ1) is 16.2. The second-order valence-corrected chi connectivity index (χ2v) is 5.52. The van der Waals surface area contributed by atoms with Crippen molar-refractivity contribution in [3.63, 3.8) is 0 Å². The van der Waals surface area contributed by atoms with E-state index >= 15 is 0 Å². The van der Waals surface area contributed by atoms with Crippen molar-refractivity contribution in [2.24, 2.45) is 0 Å². The molecule has 0 aromatic heterocycles. The van der Waals surface area contributed by atoms with Crippen molar-refractivity contribution in [3.8, 4) is 5.75 Å². The van der Waals surface area contributed by atoms with Crippen molar-refractivity contribution >= 4 is 23.3 Å². The molecule has 0 atom stereocenters. The third kappa shape index (κ3) is 4.15. The third-order valence-corrected chi connectivity index (χ3v) is 3.64. The number of amides is 2. The summed E-state index contributed by atoms with van der Waals surface area (Å²) in [5.74, 6) is 0.808. The number of hydrogen-bond acceptors (Lipinski definition) is 2. The zero-order chi connectivity index (χ0) is 16.1. The molecule has 0 radical (unpaired) electrons. The van der Waals surface area contributed by atoms with Crippen LogP contribution in [-0.2, 0) is 0 Å². The van der Waals surface area contributed by atoms with E-state index in [1.54, 1.807) is 24.3 Å². The number of ether oxygens (including phenoxy) is 1. The molecule has 22 heavy (non-hydrogen) atoms. The van der Waals surface area contributed by atoms with Gasteiger partial charge in [0, 0.05) is 10.7 Å². The zero-order valence-electron chi connectivity index (χ0n) is 12.9. The number of aryl methyl sites for hydroxylation is 2. The van der Waals surface area contributed by atoms with Gasteiger partial charge in [0.05, 0.1) is 0 Å². The summed E-state index contributed by atoms with van der Waals surface area (Å²) in [6, 6.07) is 10.7. The monoisotopic (exact) mass is 318 g/mol. The Bertz CT molecular complexity index is 686. The molecule has 0 saturated carbocycles. The number of carbonyl (C=O) groups excluding carboxylic acids is 1. The van der Waals surface area contributed by atoms with Gasteiger partial charge in [0.15, 0.2) is 6.73 Å². The molecule has 2 rings (SSSR count). The second-order valence-electron chi connectivity index (χ2n) is 5.08. The molecule has 4 nitrogen and oxygen atoms in total. The van der Waals surface area contributed by atoms with Crippen molar-refractivity contribution in [1.29, 1.82) is 0 Å². The lowest BCUT2D eigenvalue weighted by atomic mass is 10.1. The molecule has 5 heteroatoms. The Balaban J connectivity index is 1.89. The molecule has 0 aliphatic carbocycles. The van der Waals surface area contributed by atoms with Gasteiger partial charge in [-0.15, -0.1) is 0 Å². The normalized spacial score (nSPS) is 10.2. The van der Waals surface area contributed by atoms with Gasteiger partial charge in [0.25, 0.3) is 0 Å². The van der Waals surface area contributed by atoms with Gasteiger partial charge in [0.2, 0.25) is 0 Å². The molecule has 2 aromatic carbocycles. The first-order chi connectivity index (χ1) is 10.5. The fourth-order valence-electron chi connectivity index (χ4n) is 2.06. The Morgan fingerprint density at radius 2 is 1.86 bits per heavy atom. The van der Waals surface area contributed by atoms with Gasteiger partial charge in [0.1, 0.15) is 5.75 Å². The summed E-state index contributed by atoms with van der Waals surface area (Å²) in [5.41, 5.74) is 3.91. The highest BCUT2D eigenvalue weighted by molar-refractivity contribution is 6.30. The molecule has 0 heterocycles. The Hall–Kier alpha value is -2.20. The minimum Gasteiger partial charge on any atom is -0.473 e. The van der Waals surface area contributed by atoms with Crippen LogP contribution in [0, 0.1) is 20.8 Å². The number of carbonyl (C=O) groups is 1. The fraction of sp³-hybridized carbons (Fsp3) is 0.235. The molecule has 0 aliphatic heterocycles. The number of halogens is 1. The van der Waals surface area contributed by atoms with Crippen LogP contribution in [0.25, 0.3) is 0 Å². The number of benzene rings is 2. The van der Waals surface area contributed by atoms with E-state index in [0.29, 0.717) is 10.7 Å². The van der Waals surface area contributed by atoms with Crippen LogP contribution in [0.4, 0.5) is 10.5 Å². The SMILES string of the molecule is Cc1ccc(C)c(OCNC(=O)Nc2cccc(Cl)c2)c1C. The summed E-state index contributed by atoms with van der Waals surface area (Å²) in [6.07, 6.45) is 0. The van der Waals surface area contributed by atoms with E-state index in [9.17, 15) is 4.79 Å². The highest BCUT2D eigenvalue weighted by Gasteiger charge is 2.07. The first-order valence-electron chi connectivity index (χ1n) is 6.97. The highest BCUT2D eigenvalue weighted by atomic mass is 35.5. The quantitative estimate of drug-likeness (QED) is 0.820. The lowest BCUT2D eigenvalue weighted by Gasteiger charge is -2.14. The van der Waals surface area contributed by atoms with Gasteiger partial charge in [-0.05, 0) is 55.7 Å². The molecule has 0 saturated heterocycles. The first-order valence-corrected chi connectivity index (χ1v) is 7.35. The average molecular weight is 319 g/mol. The molecule has 0 unspecified atom stereocenters. The van der Waals surface area contributed by atoms with E-state index in [0.717, 1.165) is 22.4 Å². The van der Waals surface area contributed by atoms with Crippen LogP contribution in [0.5, 0.6) is 5.75 Å². The van der Waals surface area contributed by atoms with Gasteiger partial charge in [-0.3, -0.25) is 0 Å². The predicted molar refractivity (Wildman–Crippen MR) is 89.8 cm³/mol. The lowest BCUT2D eigenvalue weighted by Crippen LogP contribution is -2.32. The third-order valence-electron chi connectivity index (χ3n) is 3.41. The Kier molecular flexibility index (Phi) is 5.28. The maximum absolute atomic E-state index is 11.8. The summed E-state index contributed by atoms with van der Waals surface area (Å²) < 4.78 is 5.68. The van der Waals surface area contributed by atoms with Crippen molar-refractivity contribution in [3.05, 3.63) is 58.1 Å². The highest BCUT2D eigenvalue weighted by Crippen LogP contribution is 2.25. The van der Waals surface area contributed by atoms with Crippen molar-refractivity contribution in [2.45, 2.75) is 20.8 Å². The largest absolute Gasteiger partial charge is 0.473 e. The number of hydrogen-bond donors (Lipinski definition) is 2.